The molecule has 1 aliphatic rings. The van der Waals surface area contributed by atoms with Crippen molar-refractivity contribution in [3.05, 3.63) is 60.9 Å². The molecule has 0 aliphatic heterocycles. The minimum Gasteiger partial charge on any atom is -0.393 e. The fourth-order valence-electron chi connectivity index (χ4n) is 3.28. The van der Waals surface area contributed by atoms with Gasteiger partial charge in [-0.1, -0.05) is 30.3 Å². The van der Waals surface area contributed by atoms with Gasteiger partial charge >= 0.3 is 0 Å². The molecular formula is C20H22N4O. The van der Waals surface area contributed by atoms with Crippen LogP contribution in [0.15, 0.2) is 60.9 Å². The molecule has 2 aromatic heterocycles. The molecule has 2 heterocycles. The Morgan fingerprint density at radius 3 is 2.36 bits per heavy atom. The van der Waals surface area contributed by atoms with Gasteiger partial charge < -0.3 is 10.4 Å². The number of hydrogen-bond acceptors (Lipinski definition) is 4. The van der Waals surface area contributed by atoms with E-state index in [0.717, 1.165) is 42.8 Å². The standard InChI is InChI=1S/C20H22N4O/c25-17-10-8-16(9-11-17)21-19-14-18(15-6-2-1-3-7-15)22-20(23-19)24-12-4-5-13-24/h1-7,12-14,16-17,25H,8-11H2,(H,21,22,23). The highest BCUT2D eigenvalue weighted by Crippen LogP contribution is 2.25. The summed E-state index contributed by atoms with van der Waals surface area (Å²) < 4.78 is 1.92. The van der Waals surface area contributed by atoms with Gasteiger partial charge in [-0.25, -0.2) is 4.98 Å². The van der Waals surface area contributed by atoms with Crippen LogP contribution in [0.4, 0.5) is 5.82 Å². The summed E-state index contributed by atoms with van der Waals surface area (Å²) in [6, 6.07) is 16.4. The van der Waals surface area contributed by atoms with Gasteiger partial charge in [-0.15, -0.1) is 0 Å². The Labute approximate surface area is 147 Å². The first kappa shape index (κ1) is 15.8. The first-order valence-corrected chi connectivity index (χ1v) is 8.80. The monoisotopic (exact) mass is 334 g/mol. The predicted molar refractivity (Wildman–Crippen MR) is 98.7 cm³/mol. The quantitative estimate of drug-likeness (QED) is 0.764. The average Bonchev–Trinajstić information content (AvgIpc) is 3.19. The predicted octanol–water partition coefficient (Wildman–Crippen LogP) is 3.65. The second kappa shape index (κ2) is 7.07. The van der Waals surface area contributed by atoms with Crippen molar-refractivity contribution in [2.24, 2.45) is 0 Å². The maximum atomic E-state index is 9.70. The highest BCUT2D eigenvalue weighted by molar-refractivity contribution is 5.63. The Morgan fingerprint density at radius 1 is 0.920 bits per heavy atom. The summed E-state index contributed by atoms with van der Waals surface area (Å²) in [4.78, 5) is 9.42. The van der Waals surface area contributed by atoms with Gasteiger partial charge in [0.15, 0.2) is 0 Å². The van der Waals surface area contributed by atoms with E-state index < -0.39 is 0 Å². The van der Waals surface area contributed by atoms with Crippen molar-refractivity contribution in [3.63, 3.8) is 0 Å². The molecule has 1 fully saturated rings. The Morgan fingerprint density at radius 2 is 1.64 bits per heavy atom. The number of aliphatic hydroxyl groups is 1. The third-order valence-electron chi connectivity index (χ3n) is 4.67. The van der Waals surface area contributed by atoms with Crippen LogP contribution in [0.5, 0.6) is 0 Å². The van der Waals surface area contributed by atoms with Gasteiger partial charge in [0.1, 0.15) is 5.82 Å². The van der Waals surface area contributed by atoms with Crippen molar-refractivity contribution >= 4 is 5.82 Å². The molecule has 5 heteroatoms. The molecule has 128 valence electrons. The zero-order valence-corrected chi connectivity index (χ0v) is 14.0. The average molecular weight is 334 g/mol. The van der Waals surface area contributed by atoms with E-state index in [2.05, 4.69) is 17.4 Å². The second-order valence-electron chi connectivity index (χ2n) is 6.54. The summed E-state index contributed by atoms with van der Waals surface area (Å²) in [6.07, 6.45) is 7.36. The van der Waals surface area contributed by atoms with Crippen LogP contribution >= 0.6 is 0 Å². The van der Waals surface area contributed by atoms with E-state index in [1.165, 1.54) is 0 Å². The molecular weight excluding hydrogens is 312 g/mol. The summed E-state index contributed by atoms with van der Waals surface area (Å²) in [6.45, 7) is 0. The molecule has 0 saturated heterocycles. The lowest BCUT2D eigenvalue weighted by molar-refractivity contribution is 0.126. The van der Waals surface area contributed by atoms with Crippen LogP contribution in [0.2, 0.25) is 0 Å². The molecule has 5 nitrogen and oxygen atoms in total. The maximum Gasteiger partial charge on any atom is 0.236 e. The molecule has 0 amide bonds. The van der Waals surface area contributed by atoms with Crippen molar-refractivity contribution < 1.29 is 5.11 Å². The fraction of sp³-hybridized carbons (Fsp3) is 0.300. The zero-order valence-electron chi connectivity index (χ0n) is 14.0. The summed E-state index contributed by atoms with van der Waals surface area (Å²) in [7, 11) is 0. The Kier molecular flexibility index (Phi) is 4.48. The zero-order chi connectivity index (χ0) is 17.1. The molecule has 1 aromatic carbocycles. The summed E-state index contributed by atoms with van der Waals surface area (Å²) in [5, 5.41) is 13.2. The lowest BCUT2D eigenvalue weighted by Gasteiger charge is -2.26. The first-order chi connectivity index (χ1) is 12.3. The van der Waals surface area contributed by atoms with Crippen LogP contribution in [0, 0.1) is 0 Å². The van der Waals surface area contributed by atoms with Gasteiger partial charge in [-0.3, -0.25) is 4.57 Å². The normalized spacial score (nSPS) is 20.4. The van der Waals surface area contributed by atoms with E-state index in [9.17, 15) is 5.11 Å². The minimum atomic E-state index is -0.154. The molecule has 4 rings (SSSR count). The molecule has 0 unspecified atom stereocenters. The highest BCUT2D eigenvalue weighted by Gasteiger charge is 2.20. The molecule has 1 saturated carbocycles. The molecule has 3 aromatic rings. The highest BCUT2D eigenvalue weighted by atomic mass is 16.3. The first-order valence-electron chi connectivity index (χ1n) is 8.80. The van der Waals surface area contributed by atoms with Gasteiger partial charge in [0.2, 0.25) is 5.95 Å². The topological polar surface area (TPSA) is 63.0 Å². The van der Waals surface area contributed by atoms with Crippen molar-refractivity contribution in [1.82, 2.24) is 14.5 Å². The lowest BCUT2D eigenvalue weighted by Crippen LogP contribution is -2.28. The SMILES string of the molecule is OC1CCC(Nc2cc(-c3ccccc3)nc(-n3cccc3)n2)CC1. The van der Waals surface area contributed by atoms with Crippen molar-refractivity contribution in [2.75, 3.05) is 5.32 Å². The van der Waals surface area contributed by atoms with E-state index in [1.54, 1.807) is 0 Å². The summed E-state index contributed by atoms with van der Waals surface area (Å²) in [5.74, 6) is 1.49. The van der Waals surface area contributed by atoms with Gasteiger partial charge in [0, 0.05) is 30.1 Å². The number of aromatic nitrogens is 3. The number of rotatable bonds is 4. The molecule has 0 radical (unpaired) electrons. The van der Waals surface area contributed by atoms with Crippen LogP contribution in [-0.2, 0) is 0 Å². The van der Waals surface area contributed by atoms with Crippen LogP contribution in [0.1, 0.15) is 25.7 Å². The van der Waals surface area contributed by atoms with E-state index in [4.69, 9.17) is 9.97 Å². The largest absolute Gasteiger partial charge is 0.393 e. The van der Waals surface area contributed by atoms with E-state index in [1.807, 2.05) is 53.4 Å². The van der Waals surface area contributed by atoms with Crippen molar-refractivity contribution in [2.45, 2.75) is 37.8 Å². The number of aliphatic hydroxyl groups excluding tert-OH is 1. The van der Waals surface area contributed by atoms with E-state index >= 15 is 0 Å². The Hall–Kier alpha value is -2.66. The molecule has 0 spiro atoms. The van der Waals surface area contributed by atoms with Crippen LogP contribution in [-0.4, -0.2) is 31.8 Å². The van der Waals surface area contributed by atoms with Crippen LogP contribution in [0.25, 0.3) is 17.2 Å². The third kappa shape index (κ3) is 3.72. The van der Waals surface area contributed by atoms with E-state index in [0.29, 0.717) is 12.0 Å². The van der Waals surface area contributed by atoms with Crippen molar-refractivity contribution in [1.29, 1.82) is 0 Å². The minimum absolute atomic E-state index is 0.154. The van der Waals surface area contributed by atoms with Gasteiger partial charge in [-0.05, 0) is 37.8 Å². The van der Waals surface area contributed by atoms with E-state index in [-0.39, 0.29) is 6.10 Å². The molecule has 1 aliphatic carbocycles. The summed E-state index contributed by atoms with van der Waals surface area (Å²) >= 11 is 0. The number of nitrogens with zero attached hydrogens (tertiary/aromatic N) is 3. The fourth-order valence-corrected chi connectivity index (χ4v) is 3.28. The molecule has 2 N–H and O–H groups in total. The second-order valence-corrected chi connectivity index (χ2v) is 6.54. The smallest absolute Gasteiger partial charge is 0.236 e. The lowest BCUT2D eigenvalue weighted by atomic mass is 9.93. The van der Waals surface area contributed by atoms with Crippen molar-refractivity contribution in [3.8, 4) is 17.2 Å². The summed E-state index contributed by atoms with van der Waals surface area (Å²) in [5.41, 5.74) is 1.97. The number of benzene rings is 1. The number of hydrogen-bond donors (Lipinski definition) is 2. The number of nitrogens with one attached hydrogen (secondary N) is 1. The van der Waals surface area contributed by atoms with Gasteiger partial charge in [0.25, 0.3) is 0 Å². The molecule has 25 heavy (non-hydrogen) atoms. The van der Waals surface area contributed by atoms with Gasteiger partial charge in [0.05, 0.1) is 11.8 Å². The third-order valence-corrected chi connectivity index (χ3v) is 4.67. The maximum absolute atomic E-state index is 9.70. The number of anilines is 1. The molecule has 0 atom stereocenters. The Balaban J connectivity index is 1.67. The molecule has 0 bridgehead atoms. The van der Waals surface area contributed by atoms with Gasteiger partial charge in [-0.2, -0.15) is 4.98 Å². The van der Waals surface area contributed by atoms with Crippen LogP contribution < -0.4 is 5.32 Å². The van der Waals surface area contributed by atoms with Crippen LogP contribution in [0.3, 0.4) is 0 Å². The Bertz CT molecular complexity index is 809.